The molecule has 0 radical (unpaired) electrons. The second kappa shape index (κ2) is 7.00. The number of carbonyl (C=O) groups excluding carboxylic acids is 1. The summed E-state index contributed by atoms with van der Waals surface area (Å²) in [5, 5.41) is 7.84. The van der Waals surface area contributed by atoms with Crippen molar-refractivity contribution in [2.45, 2.75) is 38.1 Å². The first-order chi connectivity index (χ1) is 12.6. The number of nitrogens with zero attached hydrogens (tertiary/aromatic N) is 1. The minimum Gasteiger partial charge on any atom is -0.362 e. The largest absolute Gasteiger partial charge is 0.362 e. The first-order valence-electron chi connectivity index (χ1n) is 9.43. The topological polar surface area (TPSA) is 60.2 Å². The minimum absolute atomic E-state index is 0.0396. The van der Waals surface area contributed by atoms with E-state index in [0.29, 0.717) is 29.4 Å². The molecule has 0 unspecified atom stereocenters. The van der Waals surface area contributed by atoms with E-state index in [-0.39, 0.29) is 5.91 Å². The lowest BCUT2D eigenvalue weighted by Crippen LogP contribution is -2.51. The fourth-order valence-electron chi connectivity index (χ4n) is 4.70. The van der Waals surface area contributed by atoms with Gasteiger partial charge in [-0.05, 0) is 55.2 Å². The highest BCUT2D eigenvalue weighted by atomic mass is 32.1. The van der Waals surface area contributed by atoms with E-state index >= 15 is 0 Å². The number of piperidine rings is 1. The van der Waals surface area contributed by atoms with Crippen LogP contribution in [0.2, 0.25) is 0 Å². The molecule has 1 aliphatic heterocycles. The van der Waals surface area contributed by atoms with Gasteiger partial charge in [-0.15, -0.1) is 0 Å². The Morgan fingerprint density at radius 3 is 3.08 bits per heavy atom. The monoisotopic (exact) mass is 370 g/mol. The molecule has 2 aliphatic rings. The second-order valence-corrected chi connectivity index (χ2v) is 8.02. The van der Waals surface area contributed by atoms with Crippen molar-refractivity contribution in [3.05, 3.63) is 35.5 Å². The molecule has 1 amide bonds. The van der Waals surface area contributed by atoms with Gasteiger partial charge < -0.3 is 20.5 Å². The summed E-state index contributed by atoms with van der Waals surface area (Å²) >= 11 is 5.24. The number of benzene rings is 1. The number of hydrogen-bond donors (Lipinski definition) is 3. The average molecular weight is 371 g/mol. The molecule has 2 heterocycles. The molecule has 4 rings (SSSR count). The van der Waals surface area contributed by atoms with Gasteiger partial charge in [0.2, 0.25) is 5.91 Å². The van der Waals surface area contributed by atoms with E-state index in [0.717, 1.165) is 25.9 Å². The van der Waals surface area contributed by atoms with Crippen LogP contribution in [0.4, 0.5) is 0 Å². The van der Waals surface area contributed by atoms with Crippen LogP contribution in [0, 0.1) is 5.92 Å². The van der Waals surface area contributed by atoms with Crippen molar-refractivity contribution in [1.82, 2.24) is 20.5 Å². The number of rotatable bonds is 3. The SMILES string of the molecule is CCC(=O)NC(=S)NC[C@@H]1C[C@@H]2c3cccc4[nH]cc(c34)C[C@H]2N(C)C1. The van der Waals surface area contributed by atoms with E-state index < -0.39 is 0 Å². The molecule has 0 spiro atoms. The number of thiocarbonyl (C=S) groups is 1. The molecule has 2 aromatic rings. The van der Waals surface area contributed by atoms with Crippen LogP contribution >= 0.6 is 12.2 Å². The summed E-state index contributed by atoms with van der Waals surface area (Å²) in [6.07, 6.45) is 4.89. The number of nitrogens with one attached hydrogen (secondary N) is 3. The Bertz CT molecular complexity index is 845. The number of amides is 1. The van der Waals surface area contributed by atoms with Gasteiger partial charge in [-0.2, -0.15) is 0 Å². The average Bonchev–Trinajstić information content (AvgIpc) is 3.05. The van der Waals surface area contributed by atoms with Crippen LogP contribution < -0.4 is 10.6 Å². The van der Waals surface area contributed by atoms with Gasteiger partial charge in [-0.3, -0.25) is 4.79 Å². The molecule has 1 fully saturated rings. The fourth-order valence-corrected chi connectivity index (χ4v) is 4.90. The van der Waals surface area contributed by atoms with E-state index in [9.17, 15) is 4.79 Å². The van der Waals surface area contributed by atoms with E-state index in [1.54, 1.807) is 0 Å². The lowest BCUT2D eigenvalue weighted by atomic mass is 9.72. The number of carbonyl (C=O) groups is 1. The molecule has 0 bridgehead atoms. The van der Waals surface area contributed by atoms with Gasteiger partial charge in [-0.25, -0.2) is 0 Å². The number of aromatic nitrogens is 1. The van der Waals surface area contributed by atoms with Gasteiger partial charge >= 0.3 is 0 Å². The summed E-state index contributed by atoms with van der Waals surface area (Å²) in [5.41, 5.74) is 4.18. The van der Waals surface area contributed by atoms with Crippen LogP contribution in [0.5, 0.6) is 0 Å². The summed E-state index contributed by atoms with van der Waals surface area (Å²) in [7, 11) is 2.23. The number of fused-ring (bicyclic) bond motifs is 2. The summed E-state index contributed by atoms with van der Waals surface area (Å²) in [6.45, 7) is 3.67. The van der Waals surface area contributed by atoms with Gasteiger partial charge in [0.15, 0.2) is 5.11 Å². The molecule has 1 aliphatic carbocycles. The first kappa shape index (κ1) is 17.5. The van der Waals surface area contributed by atoms with E-state index in [1.807, 2.05) is 6.92 Å². The van der Waals surface area contributed by atoms with Crippen LogP contribution in [-0.4, -0.2) is 47.1 Å². The number of aromatic amines is 1. The Labute approximate surface area is 159 Å². The van der Waals surface area contributed by atoms with Gasteiger partial charge in [0.25, 0.3) is 0 Å². The molecular weight excluding hydrogens is 344 g/mol. The highest BCUT2D eigenvalue weighted by molar-refractivity contribution is 7.80. The Morgan fingerprint density at radius 2 is 2.27 bits per heavy atom. The van der Waals surface area contributed by atoms with Crippen LogP contribution in [0.15, 0.2) is 24.4 Å². The maximum Gasteiger partial charge on any atom is 0.225 e. The van der Waals surface area contributed by atoms with Crippen molar-refractivity contribution < 1.29 is 4.79 Å². The third-order valence-electron chi connectivity index (χ3n) is 5.94. The Hall–Kier alpha value is -1.92. The smallest absolute Gasteiger partial charge is 0.225 e. The Balaban J connectivity index is 1.49. The number of hydrogen-bond acceptors (Lipinski definition) is 3. The zero-order valence-corrected chi connectivity index (χ0v) is 16.2. The van der Waals surface area contributed by atoms with Crippen molar-refractivity contribution in [3.63, 3.8) is 0 Å². The summed E-state index contributed by atoms with van der Waals surface area (Å²) in [4.78, 5) is 17.4. The van der Waals surface area contributed by atoms with E-state index in [4.69, 9.17) is 12.2 Å². The molecule has 3 N–H and O–H groups in total. The number of likely N-dealkylation sites (N-methyl/N-ethyl adjacent to an activating group) is 1. The summed E-state index contributed by atoms with van der Waals surface area (Å²) in [5.74, 6) is 1.02. The number of likely N-dealkylation sites (tertiary alicyclic amines) is 1. The molecule has 1 aromatic carbocycles. The van der Waals surface area contributed by atoms with Gasteiger partial charge in [0.05, 0.1) is 0 Å². The molecule has 6 heteroatoms. The molecule has 3 atom stereocenters. The first-order valence-corrected chi connectivity index (χ1v) is 9.84. The van der Waals surface area contributed by atoms with Gasteiger partial charge in [0, 0.05) is 48.6 Å². The molecule has 138 valence electrons. The quantitative estimate of drug-likeness (QED) is 0.727. The third kappa shape index (κ3) is 3.12. The fraction of sp³-hybridized carbons (Fsp3) is 0.500. The van der Waals surface area contributed by atoms with Crippen LogP contribution in [0.25, 0.3) is 10.9 Å². The Morgan fingerprint density at radius 1 is 1.42 bits per heavy atom. The predicted molar refractivity (Wildman–Crippen MR) is 108 cm³/mol. The minimum atomic E-state index is -0.0396. The second-order valence-electron chi connectivity index (χ2n) is 7.61. The number of H-pyrrole nitrogens is 1. The lowest BCUT2D eigenvalue weighted by molar-refractivity contribution is -0.119. The summed E-state index contributed by atoms with van der Waals surface area (Å²) in [6, 6.07) is 7.19. The zero-order chi connectivity index (χ0) is 18.3. The molecule has 5 nitrogen and oxygen atoms in total. The molecule has 26 heavy (non-hydrogen) atoms. The molecule has 0 saturated carbocycles. The van der Waals surface area contributed by atoms with Crippen LogP contribution in [0.3, 0.4) is 0 Å². The standard InChI is InChI=1S/C20H26N4OS/c1-3-18(25)23-20(26)22-9-12-7-15-14-5-4-6-16-19(14)13(10-21-16)8-17(15)24(2)11-12/h4-6,10,12,15,17,21H,3,7-9,11H2,1-2H3,(H2,22,23,25,26)/t12-,15+,17+/m0/s1. The highest BCUT2D eigenvalue weighted by Gasteiger charge is 2.39. The van der Waals surface area contributed by atoms with E-state index in [1.165, 1.54) is 22.0 Å². The van der Waals surface area contributed by atoms with Crippen molar-refractivity contribution in [3.8, 4) is 0 Å². The van der Waals surface area contributed by atoms with Crippen LogP contribution in [-0.2, 0) is 11.2 Å². The van der Waals surface area contributed by atoms with Gasteiger partial charge in [0.1, 0.15) is 0 Å². The van der Waals surface area contributed by atoms with Crippen molar-refractivity contribution in [2.24, 2.45) is 5.92 Å². The third-order valence-corrected chi connectivity index (χ3v) is 6.18. The summed E-state index contributed by atoms with van der Waals surface area (Å²) < 4.78 is 0. The molecule has 1 aromatic heterocycles. The predicted octanol–water partition coefficient (Wildman–Crippen LogP) is 2.53. The van der Waals surface area contributed by atoms with E-state index in [2.05, 4.69) is 52.0 Å². The van der Waals surface area contributed by atoms with Gasteiger partial charge in [-0.1, -0.05) is 19.1 Å². The maximum atomic E-state index is 11.5. The highest BCUT2D eigenvalue weighted by Crippen LogP contribution is 2.44. The van der Waals surface area contributed by atoms with Crippen LogP contribution in [0.1, 0.15) is 36.8 Å². The normalized spacial score (nSPS) is 24.9. The zero-order valence-electron chi connectivity index (χ0n) is 15.3. The Kier molecular flexibility index (Phi) is 4.71. The van der Waals surface area contributed by atoms with Crippen molar-refractivity contribution in [1.29, 1.82) is 0 Å². The molecule has 1 saturated heterocycles. The van der Waals surface area contributed by atoms with Crippen molar-refractivity contribution >= 4 is 34.1 Å². The maximum absolute atomic E-state index is 11.5. The molecular formula is C20H26N4OS. The van der Waals surface area contributed by atoms with Crippen molar-refractivity contribution in [2.75, 3.05) is 20.1 Å². The lowest BCUT2D eigenvalue weighted by Gasteiger charge is -2.45.